The molecule has 1 aliphatic rings. The highest BCUT2D eigenvalue weighted by Gasteiger charge is 2.15. The zero-order valence-electron chi connectivity index (χ0n) is 12.0. The summed E-state index contributed by atoms with van der Waals surface area (Å²) in [4.78, 5) is 2.50. The molecule has 0 saturated carbocycles. The number of hydrogen-bond donors (Lipinski definition) is 2. The van der Waals surface area contributed by atoms with E-state index in [0.717, 1.165) is 6.54 Å². The fraction of sp³-hybridized carbons (Fsp3) is 0.438. The number of nitrogens with zero attached hydrogens (tertiary/aromatic N) is 2. The molecule has 1 unspecified atom stereocenters. The van der Waals surface area contributed by atoms with E-state index in [1.54, 1.807) is 0 Å². The molecule has 0 aliphatic carbocycles. The maximum absolute atomic E-state index is 4.01. The number of H-pyrrole nitrogens is 1. The first kappa shape index (κ1) is 13.2. The van der Waals surface area contributed by atoms with Crippen LogP contribution in [0.2, 0.25) is 0 Å². The minimum Gasteiger partial charge on any atom is -0.371 e. The Morgan fingerprint density at radius 3 is 2.85 bits per heavy atom. The van der Waals surface area contributed by atoms with E-state index in [4.69, 9.17) is 0 Å². The molecule has 2 aromatic rings. The summed E-state index contributed by atoms with van der Waals surface area (Å²) < 4.78 is 0. The van der Waals surface area contributed by atoms with Crippen LogP contribution in [0.25, 0.3) is 0 Å². The Morgan fingerprint density at radius 1 is 1.30 bits per heavy atom. The van der Waals surface area contributed by atoms with E-state index in [2.05, 4.69) is 51.6 Å². The first-order chi connectivity index (χ1) is 9.84. The van der Waals surface area contributed by atoms with Gasteiger partial charge >= 0.3 is 0 Å². The lowest BCUT2D eigenvalue weighted by Gasteiger charge is -2.22. The molecule has 106 valence electrons. The SMILES string of the molecule is CC(NCc1ccccc1N1CCCC1)c1cn[nH]c1. The Morgan fingerprint density at radius 2 is 2.10 bits per heavy atom. The number of nitrogens with one attached hydrogen (secondary N) is 2. The van der Waals surface area contributed by atoms with Crippen LogP contribution in [0.15, 0.2) is 36.7 Å². The maximum atomic E-state index is 4.01. The molecule has 0 amide bonds. The second-order valence-electron chi connectivity index (χ2n) is 5.46. The second kappa shape index (κ2) is 6.09. The van der Waals surface area contributed by atoms with Gasteiger partial charge in [0.1, 0.15) is 0 Å². The van der Waals surface area contributed by atoms with Crippen LogP contribution in [0.4, 0.5) is 5.69 Å². The third kappa shape index (κ3) is 2.85. The third-order valence-corrected chi connectivity index (χ3v) is 4.06. The van der Waals surface area contributed by atoms with Crippen molar-refractivity contribution >= 4 is 5.69 Å². The molecule has 3 rings (SSSR count). The first-order valence-corrected chi connectivity index (χ1v) is 7.39. The van der Waals surface area contributed by atoms with Gasteiger partial charge in [-0.2, -0.15) is 5.10 Å². The molecule has 1 aliphatic heterocycles. The molecule has 1 aromatic heterocycles. The van der Waals surface area contributed by atoms with E-state index in [1.165, 1.54) is 42.7 Å². The number of anilines is 1. The van der Waals surface area contributed by atoms with Crippen LogP contribution in [0.3, 0.4) is 0 Å². The van der Waals surface area contributed by atoms with Crippen molar-refractivity contribution in [2.24, 2.45) is 0 Å². The molecule has 2 N–H and O–H groups in total. The number of aromatic amines is 1. The Kier molecular flexibility index (Phi) is 4.02. The summed E-state index contributed by atoms with van der Waals surface area (Å²) in [5.74, 6) is 0. The zero-order valence-corrected chi connectivity index (χ0v) is 12.0. The van der Waals surface area contributed by atoms with Crippen molar-refractivity contribution in [3.05, 3.63) is 47.8 Å². The van der Waals surface area contributed by atoms with E-state index in [1.807, 2.05) is 12.4 Å². The van der Waals surface area contributed by atoms with Crippen LogP contribution in [-0.2, 0) is 6.54 Å². The Labute approximate surface area is 120 Å². The van der Waals surface area contributed by atoms with Crippen LogP contribution >= 0.6 is 0 Å². The fourth-order valence-electron chi connectivity index (χ4n) is 2.81. The van der Waals surface area contributed by atoms with Crippen LogP contribution in [0, 0.1) is 0 Å². The highest BCUT2D eigenvalue weighted by Crippen LogP contribution is 2.25. The molecule has 20 heavy (non-hydrogen) atoms. The number of rotatable bonds is 5. The summed E-state index contributed by atoms with van der Waals surface area (Å²) in [5, 5.41) is 10.5. The average Bonchev–Trinajstić information content (AvgIpc) is 3.17. The van der Waals surface area contributed by atoms with E-state index < -0.39 is 0 Å². The summed E-state index contributed by atoms with van der Waals surface area (Å²) in [6.45, 7) is 5.44. The van der Waals surface area contributed by atoms with Gasteiger partial charge in [0.2, 0.25) is 0 Å². The maximum Gasteiger partial charge on any atom is 0.0534 e. The van der Waals surface area contributed by atoms with Crippen LogP contribution < -0.4 is 10.2 Å². The largest absolute Gasteiger partial charge is 0.371 e. The van der Waals surface area contributed by atoms with Crippen molar-refractivity contribution < 1.29 is 0 Å². The van der Waals surface area contributed by atoms with Gasteiger partial charge < -0.3 is 10.2 Å². The van der Waals surface area contributed by atoms with E-state index in [0.29, 0.717) is 6.04 Å². The van der Waals surface area contributed by atoms with Crippen LogP contribution in [0.1, 0.15) is 36.9 Å². The minimum absolute atomic E-state index is 0.306. The molecule has 1 saturated heterocycles. The fourth-order valence-corrected chi connectivity index (χ4v) is 2.81. The lowest BCUT2D eigenvalue weighted by atomic mass is 10.1. The first-order valence-electron chi connectivity index (χ1n) is 7.39. The van der Waals surface area contributed by atoms with Crippen molar-refractivity contribution in [1.82, 2.24) is 15.5 Å². The highest BCUT2D eigenvalue weighted by molar-refractivity contribution is 5.54. The predicted molar refractivity (Wildman–Crippen MR) is 81.7 cm³/mol. The van der Waals surface area contributed by atoms with E-state index in [-0.39, 0.29) is 0 Å². The van der Waals surface area contributed by atoms with Crippen molar-refractivity contribution in [2.75, 3.05) is 18.0 Å². The molecular weight excluding hydrogens is 248 g/mol. The summed E-state index contributed by atoms with van der Waals surface area (Å²) in [7, 11) is 0. The summed E-state index contributed by atoms with van der Waals surface area (Å²) >= 11 is 0. The van der Waals surface area contributed by atoms with Crippen LogP contribution in [-0.4, -0.2) is 23.3 Å². The Bertz CT molecular complexity index is 529. The lowest BCUT2D eigenvalue weighted by molar-refractivity contribution is 0.574. The molecule has 4 heteroatoms. The molecule has 0 bridgehead atoms. The van der Waals surface area contributed by atoms with E-state index in [9.17, 15) is 0 Å². The number of hydrogen-bond acceptors (Lipinski definition) is 3. The topological polar surface area (TPSA) is 44.0 Å². The number of benzene rings is 1. The van der Waals surface area contributed by atoms with Crippen LogP contribution in [0.5, 0.6) is 0 Å². The Hall–Kier alpha value is -1.81. The van der Waals surface area contributed by atoms with Gasteiger partial charge in [0.05, 0.1) is 6.20 Å². The van der Waals surface area contributed by atoms with Gasteiger partial charge in [-0.05, 0) is 31.4 Å². The van der Waals surface area contributed by atoms with Crippen molar-refractivity contribution in [2.45, 2.75) is 32.4 Å². The standard InChI is InChI=1S/C16H22N4/c1-13(15-11-18-19-12-15)17-10-14-6-2-3-7-16(14)20-8-4-5-9-20/h2-3,6-7,11-13,17H,4-5,8-10H2,1H3,(H,18,19). The Balaban J connectivity index is 1.68. The molecule has 2 heterocycles. The highest BCUT2D eigenvalue weighted by atomic mass is 15.1. The normalized spacial score (nSPS) is 16.6. The van der Waals surface area contributed by atoms with Gasteiger partial charge in [-0.3, -0.25) is 5.10 Å². The molecule has 0 spiro atoms. The van der Waals surface area contributed by atoms with Crippen molar-refractivity contribution in [1.29, 1.82) is 0 Å². The number of aromatic nitrogens is 2. The molecule has 4 nitrogen and oxygen atoms in total. The summed E-state index contributed by atoms with van der Waals surface area (Å²) in [6, 6.07) is 9.03. The molecule has 1 fully saturated rings. The minimum atomic E-state index is 0.306. The molecular formula is C16H22N4. The van der Waals surface area contributed by atoms with Gasteiger partial charge in [0.15, 0.2) is 0 Å². The van der Waals surface area contributed by atoms with E-state index >= 15 is 0 Å². The van der Waals surface area contributed by atoms with Crippen molar-refractivity contribution in [3.63, 3.8) is 0 Å². The van der Waals surface area contributed by atoms with Gasteiger partial charge in [-0.1, -0.05) is 18.2 Å². The second-order valence-corrected chi connectivity index (χ2v) is 5.46. The quantitative estimate of drug-likeness (QED) is 0.878. The predicted octanol–water partition coefficient (Wildman–Crippen LogP) is 2.86. The zero-order chi connectivity index (χ0) is 13.8. The summed E-state index contributed by atoms with van der Waals surface area (Å²) in [5.41, 5.74) is 3.96. The summed E-state index contributed by atoms with van der Waals surface area (Å²) in [6.07, 6.45) is 6.45. The van der Waals surface area contributed by atoms with Crippen molar-refractivity contribution in [3.8, 4) is 0 Å². The smallest absolute Gasteiger partial charge is 0.0534 e. The van der Waals surface area contributed by atoms with Gasteiger partial charge in [0.25, 0.3) is 0 Å². The molecule has 0 radical (unpaired) electrons. The van der Waals surface area contributed by atoms with Gasteiger partial charge in [-0.25, -0.2) is 0 Å². The molecule has 1 aromatic carbocycles. The average molecular weight is 270 g/mol. The monoisotopic (exact) mass is 270 g/mol. The molecule has 1 atom stereocenters. The third-order valence-electron chi connectivity index (χ3n) is 4.06. The lowest BCUT2D eigenvalue weighted by Crippen LogP contribution is -2.23. The van der Waals surface area contributed by atoms with Gasteiger partial charge in [-0.15, -0.1) is 0 Å². The van der Waals surface area contributed by atoms with Gasteiger partial charge in [0, 0.05) is 43.1 Å². The number of para-hydroxylation sites is 1.